The molecule has 0 atom stereocenters. The molecule has 0 saturated carbocycles. The van der Waals surface area contributed by atoms with Crippen LogP contribution in [0.4, 0.5) is 0 Å². The molecule has 0 radical (unpaired) electrons. The first-order valence-corrected chi connectivity index (χ1v) is 12.4. The molecule has 1 amide bonds. The number of aryl methyl sites for hydroxylation is 2. The third-order valence-corrected chi connectivity index (χ3v) is 7.17. The number of carbonyl (C=O) groups is 2. The van der Waals surface area contributed by atoms with Crippen molar-refractivity contribution < 1.29 is 19.1 Å². The van der Waals surface area contributed by atoms with Gasteiger partial charge in [-0.05, 0) is 49.9 Å². The molecule has 3 heterocycles. The van der Waals surface area contributed by atoms with E-state index in [2.05, 4.69) is 4.98 Å². The van der Waals surface area contributed by atoms with Gasteiger partial charge in [-0.15, -0.1) is 11.3 Å². The third-order valence-electron chi connectivity index (χ3n) is 6.00. The smallest absolute Gasteiger partial charge is 0.349 e. The molecule has 3 aromatic rings. The zero-order valence-corrected chi connectivity index (χ0v) is 20.6. The number of fused-ring (bicyclic) bond motifs is 2. The summed E-state index contributed by atoms with van der Waals surface area (Å²) < 4.78 is 12.5. The fourth-order valence-electron chi connectivity index (χ4n) is 4.13. The molecule has 0 saturated heterocycles. The van der Waals surface area contributed by atoms with E-state index in [0.717, 1.165) is 54.2 Å². The van der Waals surface area contributed by atoms with Gasteiger partial charge in [-0.3, -0.25) is 14.2 Å². The Morgan fingerprint density at radius 2 is 1.94 bits per heavy atom. The van der Waals surface area contributed by atoms with E-state index >= 15 is 0 Å². The van der Waals surface area contributed by atoms with E-state index in [0.29, 0.717) is 40.4 Å². The lowest BCUT2D eigenvalue weighted by Crippen LogP contribution is -2.30. The summed E-state index contributed by atoms with van der Waals surface area (Å²) in [5.41, 5.74) is 1.41. The largest absolute Gasteiger partial charge is 0.494 e. The van der Waals surface area contributed by atoms with Crippen LogP contribution in [0.15, 0.2) is 29.1 Å². The predicted molar refractivity (Wildman–Crippen MR) is 131 cm³/mol. The maximum atomic E-state index is 13.1. The number of benzene rings is 1. The highest BCUT2D eigenvalue weighted by atomic mass is 32.1. The van der Waals surface area contributed by atoms with Crippen LogP contribution in [0.3, 0.4) is 0 Å². The van der Waals surface area contributed by atoms with Gasteiger partial charge in [0.25, 0.3) is 11.5 Å². The monoisotopic (exact) mass is 483 g/mol. The van der Waals surface area contributed by atoms with Crippen molar-refractivity contribution in [3.05, 3.63) is 56.4 Å². The summed E-state index contributed by atoms with van der Waals surface area (Å²) in [4.78, 5) is 45.4. The second-order valence-electron chi connectivity index (χ2n) is 8.43. The zero-order valence-electron chi connectivity index (χ0n) is 19.8. The molecule has 4 rings (SSSR count). The summed E-state index contributed by atoms with van der Waals surface area (Å²) in [6, 6.07) is 7.51. The van der Waals surface area contributed by atoms with Crippen LogP contribution in [-0.4, -0.2) is 46.6 Å². The van der Waals surface area contributed by atoms with Crippen molar-refractivity contribution >= 4 is 33.4 Å². The summed E-state index contributed by atoms with van der Waals surface area (Å²) >= 11 is 1.16. The van der Waals surface area contributed by atoms with Crippen molar-refractivity contribution in [2.24, 2.45) is 0 Å². The molecule has 0 N–H and O–H groups in total. The summed E-state index contributed by atoms with van der Waals surface area (Å²) in [6.45, 7) is 4.92. The average Bonchev–Trinajstić information content (AvgIpc) is 2.99. The second-order valence-corrected chi connectivity index (χ2v) is 9.43. The lowest BCUT2D eigenvalue weighted by molar-refractivity contribution is -0.133. The second kappa shape index (κ2) is 10.4. The van der Waals surface area contributed by atoms with E-state index in [9.17, 15) is 14.4 Å². The Hall–Kier alpha value is -3.20. The van der Waals surface area contributed by atoms with Crippen LogP contribution >= 0.6 is 11.3 Å². The summed E-state index contributed by atoms with van der Waals surface area (Å²) in [6.07, 6.45) is 3.79. The first-order chi connectivity index (χ1) is 16.4. The molecule has 8 nitrogen and oxygen atoms in total. The van der Waals surface area contributed by atoms with E-state index in [-0.39, 0.29) is 18.1 Å². The van der Waals surface area contributed by atoms with E-state index in [1.165, 1.54) is 4.90 Å². The van der Waals surface area contributed by atoms with Crippen LogP contribution in [-0.2, 0) is 29.0 Å². The summed E-state index contributed by atoms with van der Waals surface area (Å²) in [5.74, 6) is 0.634. The first kappa shape index (κ1) is 23.9. The molecule has 1 aromatic carbocycles. The molecule has 9 heteroatoms. The van der Waals surface area contributed by atoms with Gasteiger partial charge >= 0.3 is 5.97 Å². The molecule has 34 heavy (non-hydrogen) atoms. The fraction of sp³-hybridized carbons (Fsp3) is 0.440. The quantitative estimate of drug-likeness (QED) is 0.476. The minimum Gasteiger partial charge on any atom is -0.494 e. The van der Waals surface area contributed by atoms with Gasteiger partial charge in [0.05, 0.1) is 12.0 Å². The van der Waals surface area contributed by atoms with Crippen molar-refractivity contribution in [3.8, 4) is 5.75 Å². The number of rotatable bonds is 7. The normalized spacial score (nSPS) is 13.3. The third kappa shape index (κ3) is 4.99. The maximum absolute atomic E-state index is 13.1. The van der Waals surface area contributed by atoms with Crippen molar-refractivity contribution in [1.29, 1.82) is 0 Å². The molecule has 180 valence electrons. The molecule has 0 bridgehead atoms. The average molecular weight is 484 g/mol. The Balaban J connectivity index is 1.42. The molecular weight excluding hydrogens is 454 g/mol. The molecule has 0 fully saturated rings. The number of hydrogen-bond donors (Lipinski definition) is 0. The summed E-state index contributed by atoms with van der Waals surface area (Å²) in [5, 5.41) is 0.474. The Bertz CT molecular complexity index is 1260. The van der Waals surface area contributed by atoms with Gasteiger partial charge < -0.3 is 14.4 Å². The van der Waals surface area contributed by atoms with E-state index in [4.69, 9.17) is 9.47 Å². The molecule has 1 aliphatic heterocycles. The maximum Gasteiger partial charge on any atom is 0.349 e. The van der Waals surface area contributed by atoms with Crippen LogP contribution in [0.2, 0.25) is 0 Å². The van der Waals surface area contributed by atoms with Gasteiger partial charge in [0.1, 0.15) is 21.3 Å². The highest BCUT2D eigenvalue weighted by Crippen LogP contribution is 2.29. The Kier molecular flexibility index (Phi) is 7.31. The highest BCUT2D eigenvalue weighted by molar-refractivity contribution is 7.20. The molecule has 2 aromatic heterocycles. The van der Waals surface area contributed by atoms with E-state index in [1.807, 2.05) is 31.2 Å². The topological polar surface area (TPSA) is 90.7 Å². The minimum absolute atomic E-state index is 0.0964. The SMILES string of the molecule is CCOc1ccc(CN(C)C(=O)COC(=O)c2sc3nc4n(c(=O)c3c2C)CCCCC4)cc1. The number of carbonyl (C=O) groups excluding carboxylic acids is 2. The van der Waals surface area contributed by atoms with Gasteiger partial charge in [0, 0.05) is 26.6 Å². The van der Waals surface area contributed by atoms with Crippen LogP contribution in [0.5, 0.6) is 5.75 Å². The van der Waals surface area contributed by atoms with E-state index in [1.54, 1.807) is 18.5 Å². The number of thiophene rings is 1. The number of ether oxygens (including phenoxy) is 2. The van der Waals surface area contributed by atoms with Gasteiger partial charge in [0.15, 0.2) is 6.61 Å². The fourth-order valence-corrected chi connectivity index (χ4v) is 5.21. The van der Waals surface area contributed by atoms with Crippen molar-refractivity contribution in [3.63, 3.8) is 0 Å². The summed E-state index contributed by atoms with van der Waals surface area (Å²) in [7, 11) is 1.66. The van der Waals surface area contributed by atoms with Crippen molar-refractivity contribution in [1.82, 2.24) is 14.5 Å². The Morgan fingerprint density at radius 3 is 2.68 bits per heavy atom. The van der Waals surface area contributed by atoms with Crippen LogP contribution < -0.4 is 10.3 Å². The van der Waals surface area contributed by atoms with Gasteiger partial charge in [-0.1, -0.05) is 18.6 Å². The molecule has 1 aliphatic rings. The molecule has 0 spiro atoms. The standard InChI is InChI=1S/C25H29N3O5S/c1-4-32-18-11-9-17(10-12-18)14-27(3)20(29)15-33-25(31)22-16(2)21-23(34-22)26-19-8-6-5-7-13-28(19)24(21)30/h9-12H,4-8,13-15H2,1-3H3. The number of esters is 1. The predicted octanol–water partition coefficient (Wildman–Crippen LogP) is 3.71. The van der Waals surface area contributed by atoms with Crippen molar-refractivity contribution in [2.45, 2.75) is 52.6 Å². The lowest BCUT2D eigenvalue weighted by atomic mass is 10.2. The number of nitrogens with zero attached hydrogens (tertiary/aromatic N) is 3. The minimum atomic E-state index is -0.608. The molecular formula is C25H29N3O5S. The van der Waals surface area contributed by atoms with Gasteiger partial charge in [-0.2, -0.15) is 0 Å². The van der Waals surface area contributed by atoms with Crippen LogP contribution in [0, 0.1) is 6.92 Å². The zero-order chi connectivity index (χ0) is 24.2. The van der Waals surface area contributed by atoms with Crippen LogP contribution in [0.1, 0.15) is 52.8 Å². The van der Waals surface area contributed by atoms with E-state index < -0.39 is 5.97 Å². The highest BCUT2D eigenvalue weighted by Gasteiger charge is 2.24. The molecule has 0 unspecified atom stereocenters. The number of hydrogen-bond acceptors (Lipinski definition) is 7. The number of aromatic nitrogens is 2. The van der Waals surface area contributed by atoms with Crippen molar-refractivity contribution in [2.75, 3.05) is 20.3 Å². The van der Waals surface area contributed by atoms with Gasteiger partial charge in [0.2, 0.25) is 0 Å². The Labute approximate surface area is 202 Å². The molecule has 0 aliphatic carbocycles. The number of amides is 1. The first-order valence-electron chi connectivity index (χ1n) is 11.5. The number of likely N-dealkylation sites (N-methyl/N-ethyl adjacent to an activating group) is 1. The Morgan fingerprint density at radius 1 is 1.18 bits per heavy atom. The van der Waals surface area contributed by atoms with Crippen LogP contribution in [0.25, 0.3) is 10.2 Å². The van der Waals surface area contributed by atoms with Gasteiger partial charge in [-0.25, -0.2) is 9.78 Å². The lowest BCUT2D eigenvalue weighted by Gasteiger charge is -2.17.